The van der Waals surface area contributed by atoms with Gasteiger partial charge in [0.2, 0.25) is 5.91 Å². The van der Waals surface area contributed by atoms with Crippen molar-refractivity contribution in [2.45, 2.75) is 50.7 Å². The van der Waals surface area contributed by atoms with Crippen LogP contribution in [0.5, 0.6) is 0 Å². The molecule has 2 atom stereocenters. The maximum Gasteiger partial charge on any atom is 0.416 e. The molecule has 2 saturated heterocycles. The Bertz CT molecular complexity index is 1200. The maximum absolute atomic E-state index is 13.4. The number of halogens is 7. The molecule has 4 rings (SSSR count). The molecular formula is C27H31F7N4O3. The zero-order valence-electron chi connectivity index (χ0n) is 22.4. The van der Waals surface area contributed by atoms with Crippen molar-refractivity contribution in [2.75, 3.05) is 33.2 Å². The predicted molar refractivity (Wildman–Crippen MR) is 135 cm³/mol. The van der Waals surface area contributed by atoms with Gasteiger partial charge < -0.3 is 20.6 Å². The Hall–Kier alpha value is -3.39. The second-order valence-electron chi connectivity index (χ2n) is 9.94. The maximum atomic E-state index is 13.4. The lowest BCUT2D eigenvalue weighted by atomic mass is 9.88. The molecule has 14 heteroatoms. The summed E-state index contributed by atoms with van der Waals surface area (Å²) in [6.07, 6.45) is -9.21. The number of hydrogen-bond acceptors (Lipinski definition) is 4. The summed E-state index contributed by atoms with van der Waals surface area (Å²) in [5, 5.41) is 14.8. The second kappa shape index (κ2) is 13.1. The first-order chi connectivity index (χ1) is 19.1. The summed E-state index contributed by atoms with van der Waals surface area (Å²) in [5.41, 5.74) is -1.06. The van der Waals surface area contributed by atoms with Crippen molar-refractivity contribution in [3.05, 3.63) is 70.0 Å². The number of benzene rings is 2. The lowest BCUT2D eigenvalue weighted by Gasteiger charge is -2.43. The zero-order valence-corrected chi connectivity index (χ0v) is 22.4. The fraction of sp³-hybridized carbons (Fsp3) is 0.481. The summed E-state index contributed by atoms with van der Waals surface area (Å²) in [7, 11) is 1.44. The first kappa shape index (κ1) is 32.1. The van der Waals surface area contributed by atoms with Crippen LogP contribution in [-0.4, -0.2) is 66.2 Å². The van der Waals surface area contributed by atoms with Crippen molar-refractivity contribution in [1.82, 2.24) is 20.4 Å². The van der Waals surface area contributed by atoms with Crippen LogP contribution < -0.4 is 10.6 Å². The van der Waals surface area contributed by atoms with E-state index in [9.17, 15) is 45.4 Å². The Kier molecular flexibility index (Phi) is 10.2. The van der Waals surface area contributed by atoms with E-state index in [4.69, 9.17) is 0 Å². The zero-order chi connectivity index (χ0) is 30.5. The van der Waals surface area contributed by atoms with Crippen molar-refractivity contribution < 1.29 is 45.4 Å². The fourth-order valence-corrected chi connectivity index (χ4v) is 5.11. The number of piperidine rings is 1. The van der Waals surface area contributed by atoms with E-state index in [1.807, 2.05) is 0 Å². The van der Waals surface area contributed by atoms with E-state index in [0.717, 1.165) is 17.7 Å². The van der Waals surface area contributed by atoms with Gasteiger partial charge in [0.1, 0.15) is 5.82 Å². The number of alkyl halides is 6. The molecule has 0 spiro atoms. The first-order valence-corrected chi connectivity index (χ1v) is 12.8. The molecule has 0 aromatic heterocycles. The van der Waals surface area contributed by atoms with Gasteiger partial charge in [-0.15, -0.1) is 0 Å². The van der Waals surface area contributed by atoms with Crippen LogP contribution in [0.3, 0.4) is 0 Å². The Balaban J connectivity index is 0.000000241. The predicted octanol–water partition coefficient (Wildman–Crippen LogP) is 5.19. The average Bonchev–Trinajstić information content (AvgIpc) is 2.88. The van der Waals surface area contributed by atoms with E-state index in [2.05, 4.69) is 15.5 Å². The smallest absolute Gasteiger partial charge is 0.416 e. The Labute approximate surface area is 232 Å². The highest BCUT2D eigenvalue weighted by atomic mass is 19.4. The minimum absolute atomic E-state index is 0.0106. The molecule has 2 aromatic carbocycles. The van der Waals surface area contributed by atoms with Gasteiger partial charge in [0.15, 0.2) is 0 Å². The number of hydrogen-bond donors (Lipinski definition) is 3. The molecule has 226 valence electrons. The molecule has 2 fully saturated rings. The largest absolute Gasteiger partial charge is 0.465 e. The van der Waals surface area contributed by atoms with Gasteiger partial charge >= 0.3 is 18.4 Å². The number of piperazine rings is 1. The summed E-state index contributed by atoms with van der Waals surface area (Å²) >= 11 is 0. The molecule has 7 nitrogen and oxygen atoms in total. The number of amides is 2. The van der Waals surface area contributed by atoms with Crippen molar-refractivity contribution >= 4 is 12.0 Å². The molecule has 0 aliphatic carbocycles. The van der Waals surface area contributed by atoms with Crippen molar-refractivity contribution in [2.24, 2.45) is 0 Å². The summed E-state index contributed by atoms with van der Waals surface area (Å²) in [5.74, 6) is -0.311. The van der Waals surface area contributed by atoms with E-state index in [1.54, 1.807) is 13.0 Å². The highest BCUT2D eigenvalue weighted by Crippen LogP contribution is 2.37. The van der Waals surface area contributed by atoms with Gasteiger partial charge in [-0.25, -0.2) is 9.18 Å². The normalized spacial score (nSPS) is 20.2. The van der Waals surface area contributed by atoms with Gasteiger partial charge in [0.25, 0.3) is 0 Å². The van der Waals surface area contributed by atoms with E-state index >= 15 is 0 Å². The third-order valence-electron chi connectivity index (χ3n) is 7.02. The summed E-state index contributed by atoms with van der Waals surface area (Å²) in [4.78, 5) is 26.8. The molecule has 41 heavy (non-hydrogen) atoms. The van der Waals surface area contributed by atoms with Gasteiger partial charge in [-0.2, -0.15) is 26.3 Å². The molecular weight excluding hydrogens is 561 g/mol. The lowest BCUT2D eigenvalue weighted by molar-refractivity contribution is -0.143. The molecule has 0 bridgehead atoms. The van der Waals surface area contributed by atoms with Gasteiger partial charge in [0.05, 0.1) is 23.7 Å². The van der Waals surface area contributed by atoms with Gasteiger partial charge in [-0.3, -0.25) is 9.69 Å². The second-order valence-corrected chi connectivity index (χ2v) is 9.94. The molecule has 0 radical (unpaired) electrons. The summed E-state index contributed by atoms with van der Waals surface area (Å²) in [6, 6.07) is 5.84. The number of carbonyl (C=O) groups is 2. The summed E-state index contributed by atoms with van der Waals surface area (Å²) in [6.45, 7) is 3.91. The number of aryl methyl sites for hydroxylation is 1. The van der Waals surface area contributed by atoms with Crippen LogP contribution in [0.15, 0.2) is 36.4 Å². The Morgan fingerprint density at radius 1 is 1.05 bits per heavy atom. The minimum Gasteiger partial charge on any atom is -0.465 e. The van der Waals surface area contributed by atoms with Crippen LogP contribution >= 0.6 is 0 Å². The standard InChI is InChI=1S/C17H22FN3O3.C10H9F6N/c1-11-8-12(18)2-3-14(11)15-9-13(4-6-21(15)17(23)24)20-7-5-19-16(22)10-20;1-17-5-6-2-7(9(11,12)13)4-8(3-6)10(14,15)16/h2-3,8,13,15H,4-7,9-10H2,1H3,(H,19,22)(H,23,24);2-4,17H,5H2,1H3/t13-,15-;/m1./s1. The number of rotatable bonds is 4. The molecule has 2 amide bonds. The third kappa shape index (κ3) is 8.55. The number of nitrogens with one attached hydrogen (secondary N) is 2. The van der Waals surface area contributed by atoms with Crippen molar-refractivity contribution in [1.29, 1.82) is 0 Å². The molecule has 0 saturated carbocycles. The average molecular weight is 593 g/mol. The van der Waals surface area contributed by atoms with Crippen LogP contribution in [0.25, 0.3) is 0 Å². The van der Waals surface area contributed by atoms with E-state index in [-0.39, 0.29) is 42.0 Å². The molecule has 2 aromatic rings. The lowest BCUT2D eigenvalue weighted by Crippen LogP contribution is -2.55. The van der Waals surface area contributed by atoms with Crippen LogP contribution in [-0.2, 0) is 23.7 Å². The molecule has 0 unspecified atom stereocenters. The highest BCUT2D eigenvalue weighted by molar-refractivity contribution is 5.78. The van der Waals surface area contributed by atoms with Crippen LogP contribution in [0.4, 0.5) is 35.5 Å². The SMILES string of the molecule is CNCc1cc(C(F)(F)F)cc(C(F)(F)F)c1.Cc1cc(F)ccc1[C@H]1C[C@H](N2CCNC(=O)C2)CCN1C(=O)O. The first-order valence-electron chi connectivity index (χ1n) is 12.8. The molecule has 2 aliphatic rings. The summed E-state index contributed by atoms with van der Waals surface area (Å²) < 4.78 is 87.7. The van der Waals surface area contributed by atoms with Crippen molar-refractivity contribution in [3.63, 3.8) is 0 Å². The highest BCUT2D eigenvalue weighted by Gasteiger charge is 2.38. The minimum atomic E-state index is -4.79. The topological polar surface area (TPSA) is 84.9 Å². The number of nitrogens with zero attached hydrogens (tertiary/aromatic N) is 2. The molecule has 3 N–H and O–H groups in total. The number of carboxylic acid groups (broad SMARTS) is 1. The van der Waals surface area contributed by atoms with Crippen LogP contribution in [0.1, 0.15) is 46.7 Å². The monoisotopic (exact) mass is 592 g/mol. The van der Waals surface area contributed by atoms with Crippen LogP contribution in [0.2, 0.25) is 0 Å². The number of carbonyl (C=O) groups excluding carboxylic acids is 1. The van der Waals surface area contributed by atoms with E-state index in [1.165, 1.54) is 24.1 Å². The quantitative estimate of drug-likeness (QED) is 0.426. The van der Waals surface area contributed by atoms with Gasteiger partial charge in [0, 0.05) is 32.2 Å². The van der Waals surface area contributed by atoms with Gasteiger partial charge in [-0.1, -0.05) is 6.07 Å². The molecule has 2 aliphatic heterocycles. The van der Waals surface area contributed by atoms with Crippen molar-refractivity contribution in [3.8, 4) is 0 Å². The van der Waals surface area contributed by atoms with Gasteiger partial charge in [-0.05, 0) is 73.8 Å². The molecule has 2 heterocycles. The Morgan fingerprint density at radius 3 is 2.20 bits per heavy atom. The van der Waals surface area contributed by atoms with E-state index < -0.39 is 29.6 Å². The number of likely N-dealkylation sites (tertiary alicyclic amines) is 1. The third-order valence-corrected chi connectivity index (χ3v) is 7.02. The van der Waals surface area contributed by atoms with E-state index in [0.29, 0.717) is 44.6 Å². The van der Waals surface area contributed by atoms with Crippen LogP contribution in [0, 0.1) is 12.7 Å². The Morgan fingerprint density at radius 2 is 1.68 bits per heavy atom. The fourth-order valence-electron chi connectivity index (χ4n) is 5.11.